The van der Waals surface area contributed by atoms with Gasteiger partial charge in [0.1, 0.15) is 17.2 Å². The highest BCUT2D eigenvalue weighted by Crippen LogP contribution is 2.26. The summed E-state index contributed by atoms with van der Waals surface area (Å²) in [5.41, 5.74) is 3.64. The molecule has 4 aromatic rings. The van der Waals surface area contributed by atoms with E-state index in [2.05, 4.69) is 34.3 Å². The van der Waals surface area contributed by atoms with Crippen LogP contribution in [0.5, 0.6) is 0 Å². The standard InChI is InChI=1S/C30H44N4O4.C26H37N3O4.ClH/c1-5-6-9-27(30(37)33-15-17-38-18-16-33)32-13-11-23(12-14-32)20-31-28(35)25-19-24-22(4)8-7-10-26(24)34(21(2)3)29(25)36;1-5-6-9-23(26(32)33)28-13-11-19(12-14-28)16-27-24(30)21-15-20-18(4)8-7-10-22(20)29(17(2)3)25(21)31;/h7-8,10,19,21,23,27H,5-6,9,11-18,20H2,1-4H3,(H,31,35);7-8,10,15,17,19,23H,5-6,9,11-14,16H2,1-4H3,(H,27,30)(H,32,33);1H. The fourth-order valence-electron chi connectivity index (χ4n) is 10.7. The summed E-state index contributed by atoms with van der Waals surface area (Å²) >= 11 is 0. The molecule has 2 aromatic heterocycles. The highest BCUT2D eigenvalue weighted by Gasteiger charge is 2.34. The third-order valence-electron chi connectivity index (χ3n) is 15.0. The number of pyridine rings is 2. The SMILES string of the molecule is CCCCC(C(=O)N1CCOCC1)N1CCC(CNC(=O)c2cc3c(C)cccc3n(C(C)C)c2=O)CC1.CCCCC(C(=O)O)N1CCC(CNC(=O)c2cc3c(C)cccc3n(C(C)C)c2=O)CC1.Cl. The van der Waals surface area contributed by atoms with Gasteiger partial charge in [-0.25, -0.2) is 0 Å². The summed E-state index contributed by atoms with van der Waals surface area (Å²) in [7, 11) is 0. The lowest BCUT2D eigenvalue weighted by atomic mass is 9.94. The number of unbranched alkanes of at least 4 members (excludes halogenated alkanes) is 2. The number of benzene rings is 2. The molecule has 0 saturated carbocycles. The summed E-state index contributed by atoms with van der Waals surface area (Å²) < 4.78 is 8.85. The molecule has 0 bridgehead atoms. The third kappa shape index (κ3) is 14.1. The van der Waals surface area contributed by atoms with Crippen LogP contribution in [-0.4, -0.2) is 130 Å². The number of rotatable bonds is 18. The van der Waals surface area contributed by atoms with E-state index in [1.54, 1.807) is 21.3 Å². The van der Waals surface area contributed by atoms with Crippen LogP contribution in [0.4, 0.5) is 0 Å². The first-order valence-corrected chi connectivity index (χ1v) is 26.5. The number of ether oxygens (including phenoxy) is 1. The van der Waals surface area contributed by atoms with Crippen LogP contribution in [0.25, 0.3) is 21.8 Å². The second kappa shape index (κ2) is 27.3. The van der Waals surface area contributed by atoms with Gasteiger partial charge in [0, 0.05) is 49.0 Å². The minimum Gasteiger partial charge on any atom is -0.480 e. The Morgan fingerprint density at radius 2 is 1.04 bits per heavy atom. The fraction of sp³-hybridized carbons (Fsp3) is 0.607. The highest BCUT2D eigenvalue weighted by molar-refractivity contribution is 5.99. The molecule has 3 fully saturated rings. The number of carboxylic acid groups (broad SMARTS) is 1. The first-order valence-electron chi connectivity index (χ1n) is 26.5. The lowest BCUT2D eigenvalue weighted by Crippen LogP contribution is -2.54. The van der Waals surface area contributed by atoms with Crippen molar-refractivity contribution >= 4 is 57.9 Å². The molecular weight excluding hydrogens is 934 g/mol. The Morgan fingerprint density at radius 3 is 1.43 bits per heavy atom. The van der Waals surface area contributed by atoms with Crippen molar-refractivity contribution in [3.05, 3.63) is 91.5 Å². The number of piperidine rings is 2. The van der Waals surface area contributed by atoms with Crippen LogP contribution >= 0.6 is 12.4 Å². The molecule has 15 nitrogen and oxygen atoms in total. The number of fused-ring (bicyclic) bond motifs is 2. The number of carboxylic acids is 1. The molecule has 3 N–H and O–H groups in total. The second-order valence-electron chi connectivity index (χ2n) is 20.6. The van der Waals surface area contributed by atoms with Gasteiger partial charge in [-0.1, -0.05) is 63.8 Å². The van der Waals surface area contributed by atoms with E-state index in [0.717, 1.165) is 117 Å². The molecule has 3 saturated heterocycles. The van der Waals surface area contributed by atoms with Crippen molar-refractivity contribution in [2.24, 2.45) is 11.8 Å². The zero-order valence-electron chi connectivity index (χ0n) is 44.2. The average Bonchev–Trinajstić information content (AvgIpc) is 3.35. The maximum atomic E-state index is 13.3. The van der Waals surface area contributed by atoms with E-state index in [1.165, 1.54) is 0 Å². The zero-order chi connectivity index (χ0) is 51.4. The first-order chi connectivity index (χ1) is 34.1. The number of carbonyl (C=O) groups is 4. The largest absolute Gasteiger partial charge is 0.480 e. The number of amides is 3. The number of aromatic nitrogens is 2. The Morgan fingerprint density at radius 1 is 0.639 bits per heavy atom. The van der Waals surface area contributed by atoms with Crippen LogP contribution in [0.2, 0.25) is 0 Å². The lowest BCUT2D eigenvalue weighted by molar-refractivity contribution is -0.144. The van der Waals surface area contributed by atoms with Gasteiger partial charge in [0.25, 0.3) is 22.9 Å². The maximum absolute atomic E-state index is 13.3. The molecule has 16 heteroatoms. The summed E-state index contributed by atoms with van der Waals surface area (Å²) in [4.78, 5) is 84.0. The number of halogens is 1. The van der Waals surface area contributed by atoms with Crippen LogP contribution in [0.15, 0.2) is 58.1 Å². The molecule has 2 aromatic carbocycles. The molecule has 7 rings (SSSR count). The van der Waals surface area contributed by atoms with Gasteiger partial charge >= 0.3 is 5.97 Å². The molecule has 3 amide bonds. The number of nitrogens with zero attached hydrogens (tertiary/aromatic N) is 5. The number of hydrogen-bond donors (Lipinski definition) is 3. The van der Waals surface area contributed by atoms with Crippen molar-refractivity contribution in [2.45, 2.75) is 144 Å². The van der Waals surface area contributed by atoms with Crippen LogP contribution in [0.1, 0.15) is 150 Å². The van der Waals surface area contributed by atoms with E-state index < -0.39 is 12.0 Å². The predicted molar refractivity (Wildman–Crippen MR) is 289 cm³/mol. The van der Waals surface area contributed by atoms with Crippen LogP contribution < -0.4 is 21.8 Å². The quantitative estimate of drug-likeness (QED) is 0.0883. The second-order valence-corrected chi connectivity index (χ2v) is 20.6. The van der Waals surface area contributed by atoms with E-state index in [0.29, 0.717) is 51.7 Å². The Hall–Kier alpha value is -5.09. The number of hydrogen-bond acceptors (Lipinski definition) is 9. The minimum atomic E-state index is -0.747. The van der Waals surface area contributed by atoms with Gasteiger partial charge in [-0.3, -0.25) is 38.6 Å². The third-order valence-corrected chi connectivity index (χ3v) is 15.0. The van der Waals surface area contributed by atoms with Gasteiger partial charge in [0.2, 0.25) is 5.91 Å². The average molecular weight is 1020 g/mol. The van der Waals surface area contributed by atoms with Crippen molar-refractivity contribution < 1.29 is 29.0 Å². The number of aliphatic carboxylic acids is 1. The Kier molecular flexibility index (Phi) is 21.9. The Balaban J connectivity index is 0.000000266. The van der Waals surface area contributed by atoms with E-state index in [-0.39, 0.29) is 76.4 Å². The van der Waals surface area contributed by atoms with Gasteiger partial charge < -0.3 is 34.5 Å². The molecule has 0 spiro atoms. The van der Waals surface area contributed by atoms with Crippen LogP contribution in [0, 0.1) is 25.7 Å². The molecule has 5 heterocycles. The van der Waals surface area contributed by atoms with Crippen LogP contribution in [0.3, 0.4) is 0 Å². The number of morpholine rings is 1. The first kappa shape index (κ1) is 57.8. The molecule has 2 unspecified atom stereocenters. The van der Waals surface area contributed by atoms with Gasteiger partial charge in [-0.2, -0.15) is 0 Å². The molecule has 3 aliphatic rings. The number of carbonyl (C=O) groups excluding carboxylic acids is 3. The Bertz CT molecular complexity index is 2590. The number of likely N-dealkylation sites (tertiary alicyclic amines) is 2. The highest BCUT2D eigenvalue weighted by atomic mass is 35.5. The van der Waals surface area contributed by atoms with Crippen molar-refractivity contribution in [3.63, 3.8) is 0 Å². The lowest BCUT2D eigenvalue weighted by Gasteiger charge is -2.39. The smallest absolute Gasteiger partial charge is 0.320 e. The summed E-state index contributed by atoms with van der Waals surface area (Å²) in [5.74, 6) is -0.547. The topological polar surface area (TPSA) is 176 Å². The monoisotopic (exact) mass is 1020 g/mol. The van der Waals surface area contributed by atoms with E-state index in [1.807, 2.05) is 82.8 Å². The summed E-state index contributed by atoms with van der Waals surface area (Å²) in [6.45, 7) is 22.8. The van der Waals surface area contributed by atoms with Crippen LogP contribution in [-0.2, 0) is 14.3 Å². The molecule has 2 atom stereocenters. The van der Waals surface area contributed by atoms with Crippen molar-refractivity contribution in [1.29, 1.82) is 0 Å². The minimum absolute atomic E-state index is 0. The van der Waals surface area contributed by atoms with E-state index in [9.17, 15) is 33.9 Å². The molecule has 72 heavy (non-hydrogen) atoms. The molecule has 0 radical (unpaired) electrons. The van der Waals surface area contributed by atoms with Crippen molar-refractivity contribution in [2.75, 3.05) is 65.6 Å². The van der Waals surface area contributed by atoms with Gasteiger partial charge in [-0.15, -0.1) is 12.4 Å². The molecular formula is C56H82ClN7O8. The summed E-state index contributed by atoms with van der Waals surface area (Å²) in [6, 6.07) is 14.6. The molecule has 396 valence electrons. The van der Waals surface area contributed by atoms with Gasteiger partial charge in [0.15, 0.2) is 0 Å². The van der Waals surface area contributed by atoms with Crippen molar-refractivity contribution in [1.82, 2.24) is 34.5 Å². The molecule has 3 aliphatic heterocycles. The normalized spacial score (nSPS) is 17.1. The van der Waals surface area contributed by atoms with Gasteiger partial charge in [-0.05, 0) is 153 Å². The summed E-state index contributed by atoms with van der Waals surface area (Å²) in [5, 5.41) is 17.4. The zero-order valence-corrected chi connectivity index (χ0v) is 45.0. The fourth-order valence-corrected chi connectivity index (χ4v) is 10.7. The molecule has 0 aliphatic carbocycles. The number of nitrogens with one attached hydrogen (secondary N) is 2. The maximum Gasteiger partial charge on any atom is 0.320 e. The summed E-state index contributed by atoms with van der Waals surface area (Å²) in [6.07, 6.45) is 9.09. The van der Waals surface area contributed by atoms with E-state index >= 15 is 0 Å². The predicted octanol–water partition coefficient (Wildman–Crippen LogP) is 8.15. The van der Waals surface area contributed by atoms with Crippen molar-refractivity contribution in [3.8, 4) is 0 Å². The number of aryl methyl sites for hydroxylation is 2. The Labute approximate surface area is 432 Å². The van der Waals surface area contributed by atoms with E-state index in [4.69, 9.17) is 4.74 Å². The van der Waals surface area contributed by atoms with Gasteiger partial charge in [0.05, 0.1) is 30.3 Å².